The van der Waals surface area contributed by atoms with Crippen molar-refractivity contribution in [2.75, 3.05) is 6.61 Å². The molecule has 0 aromatic carbocycles. The first kappa shape index (κ1) is 10.6. The van der Waals surface area contributed by atoms with E-state index in [1.165, 1.54) is 0 Å². The van der Waals surface area contributed by atoms with Crippen LogP contribution in [-0.4, -0.2) is 22.8 Å². The van der Waals surface area contributed by atoms with Gasteiger partial charge in [-0.05, 0) is 6.92 Å². The third-order valence-electron chi connectivity index (χ3n) is 1.36. The zero-order chi connectivity index (χ0) is 10.8. The van der Waals surface area contributed by atoms with Crippen molar-refractivity contribution in [3.63, 3.8) is 0 Å². The number of carbonyl (C=O) groups excluding carboxylic acids is 1. The molecule has 0 spiro atoms. The van der Waals surface area contributed by atoms with Crippen LogP contribution in [0.4, 0.5) is 13.2 Å². The van der Waals surface area contributed by atoms with Gasteiger partial charge in [-0.2, -0.15) is 18.3 Å². The topological polar surface area (TPSA) is 55.0 Å². The van der Waals surface area contributed by atoms with Gasteiger partial charge in [-0.1, -0.05) is 0 Å². The Labute approximate surface area is 77.1 Å². The average molecular weight is 208 g/mol. The van der Waals surface area contributed by atoms with Crippen molar-refractivity contribution in [1.29, 1.82) is 0 Å². The Morgan fingerprint density at radius 1 is 1.64 bits per heavy atom. The van der Waals surface area contributed by atoms with Crippen LogP contribution in [0.2, 0.25) is 0 Å². The number of esters is 1. The van der Waals surface area contributed by atoms with Crippen molar-refractivity contribution in [2.24, 2.45) is 0 Å². The Kier molecular flexibility index (Phi) is 2.78. The van der Waals surface area contributed by atoms with Crippen molar-refractivity contribution in [3.8, 4) is 0 Å². The van der Waals surface area contributed by atoms with E-state index in [-0.39, 0.29) is 12.3 Å². The number of hydrogen-bond acceptors (Lipinski definition) is 3. The summed E-state index contributed by atoms with van der Waals surface area (Å²) in [6.45, 7) is 1.65. The smallest absolute Gasteiger partial charge is 0.435 e. The molecule has 0 aliphatic heterocycles. The van der Waals surface area contributed by atoms with Crippen molar-refractivity contribution in [2.45, 2.75) is 13.1 Å². The van der Waals surface area contributed by atoms with Gasteiger partial charge in [-0.15, -0.1) is 0 Å². The Hall–Kier alpha value is -1.53. The fourth-order valence-electron chi connectivity index (χ4n) is 0.780. The Morgan fingerprint density at radius 2 is 2.29 bits per heavy atom. The van der Waals surface area contributed by atoms with E-state index in [0.717, 1.165) is 0 Å². The number of ether oxygens (including phenoxy) is 1. The van der Waals surface area contributed by atoms with E-state index in [4.69, 9.17) is 0 Å². The molecule has 1 N–H and O–H groups in total. The van der Waals surface area contributed by atoms with E-state index < -0.39 is 17.8 Å². The molecule has 0 amide bonds. The lowest BCUT2D eigenvalue weighted by atomic mass is 10.3. The molecular weight excluding hydrogens is 201 g/mol. The second-order valence-electron chi connectivity index (χ2n) is 2.39. The van der Waals surface area contributed by atoms with Gasteiger partial charge in [0.25, 0.3) is 0 Å². The van der Waals surface area contributed by atoms with Crippen LogP contribution in [0.1, 0.15) is 23.1 Å². The van der Waals surface area contributed by atoms with Crippen LogP contribution >= 0.6 is 0 Å². The maximum atomic E-state index is 12.0. The van der Waals surface area contributed by atoms with Crippen LogP contribution < -0.4 is 0 Å². The summed E-state index contributed by atoms with van der Waals surface area (Å²) in [5.41, 5.74) is -1.44. The first-order valence-electron chi connectivity index (χ1n) is 3.75. The molecule has 0 radical (unpaired) electrons. The lowest BCUT2D eigenvalue weighted by Gasteiger charge is -1.98. The number of H-pyrrole nitrogens is 1. The highest BCUT2D eigenvalue weighted by Gasteiger charge is 2.34. The molecular formula is C7H7F3N2O2. The zero-order valence-electron chi connectivity index (χ0n) is 7.18. The van der Waals surface area contributed by atoms with Gasteiger partial charge >= 0.3 is 12.1 Å². The van der Waals surface area contributed by atoms with E-state index in [1.54, 1.807) is 6.92 Å². The number of alkyl halides is 3. The molecule has 1 heterocycles. The summed E-state index contributed by atoms with van der Waals surface area (Å²) in [6, 6.07) is 0.609. The van der Waals surface area contributed by atoms with E-state index in [1.807, 2.05) is 5.10 Å². The number of rotatable bonds is 2. The Morgan fingerprint density at radius 3 is 2.71 bits per heavy atom. The highest BCUT2D eigenvalue weighted by Crippen LogP contribution is 2.27. The number of nitrogens with one attached hydrogen (secondary N) is 1. The van der Waals surface area contributed by atoms with Crippen LogP contribution in [0.5, 0.6) is 0 Å². The highest BCUT2D eigenvalue weighted by atomic mass is 19.4. The summed E-state index contributed by atoms with van der Waals surface area (Å²) in [4.78, 5) is 10.9. The molecule has 1 aromatic heterocycles. The van der Waals surface area contributed by atoms with E-state index in [9.17, 15) is 18.0 Å². The molecule has 0 aliphatic rings. The molecule has 0 unspecified atom stereocenters. The van der Waals surface area contributed by atoms with Gasteiger partial charge in [0.15, 0.2) is 5.69 Å². The van der Waals surface area contributed by atoms with Crippen LogP contribution in [0.3, 0.4) is 0 Å². The fourth-order valence-corrected chi connectivity index (χ4v) is 0.780. The van der Waals surface area contributed by atoms with Gasteiger partial charge in [0.2, 0.25) is 0 Å². The number of hydrogen-bond donors (Lipinski definition) is 1. The monoisotopic (exact) mass is 208 g/mol. The fraction of sp³-hybridized carbons (Fsp3) is 0.429. The summed E-state index contributed by atoms with van der Waals surface area (Å²) in [7, 11) is 0. The highest BCUT2D eigenvalue weighted by molar-refractivity contribution is 5.87. The summed E-state index contributed by atoms with van der Waals surface area (Å²) < 4.78 is 40.5. The molecule has 0 atom stereocenters. The molecule has 78 valence electrons. The molecule has 0 bridgehead atoms. The van der Waals surface area contributed by atoms with Crippen molar-refractivity contribution in [3.05, 3.63) is 17.5 Å². The minimum absolute atomic E-state index is 0.0964. The standard InChI is InChI=1S/C7H7F3N2O2/c1-2-14-6(13)4-3-5(12-11-4)7(8,9)10/h3H,2H2,1H3,(H,11,12). The van der Waals surface area contributed by atoms with Crippen LogP contribution in [0.25, 0.3) is 0 Å². The summed E-state index contributed by atoms with van der Waals surface area (Å²) >= 11 is 0. The van der Waals surface area contributed by atoms with Gasteiger partial charge in [-0.25, -0.2) is 4.79 Å². The van der Waals surface area contributed by atoms with Gasteiger partial charge in [0.1, 0.15) is 5.69 Å². The maximum Gasteiger partial charge on any atom is 0.435 e. The third-order valence-corrected chi connectivity index (χ3v) is 1.36. The molecule has 1 aromatic rings. The van der Waals surface area contributed by atoms with Crippen molar-refractivity contribution < 1.29 is 22.7 Å². The number of aromatic nitrogens is 2. The molecule has 14 heavy (non-hydrogen) atoms. The summed E-state index contributed by atoms with van der Waals surface area (Å²) in [6.07, 6.45) is -4.55. The predicted octanol–water partition coefficient (Wildman–Crippen LogP) is 1.61. The van der Waals surface area contributed by atoms with E-state index in [2.05, 4.69) is 9.84 Å². The van der Waals surface area contributed by atoms with Crippen LogP contribution in [0.15, 0.2) is 6.07 Å². The minimum atomic E-state index is -4.55. The first-order valence-corrected chi connectivity index (χ1v) is 3.75. The lowest BCUT2D eigenvalue weighted by Crippen LogP contribution is -2.05. The quantitative estimate of drug-likeness (QED) is 0.751. The van der Waals surface area contributed by atoms with Gasteiger partial charge < -0.3 is 4.74 Å². The summed E-state index contributed by atoms with van der Waals surface area (Å²) in [5, 5.41) is 4.89. The number of carbonyl (C=O) groups is 1. The van der Waals surface area contributed by atoms with Crippen molar-refractivity contribution >= 4 is 5.97 Å². The number of halogens is 3. The van der Waals surface area contributed by atoms with Gasteiger partial charge in [-0.3, -0.25) is 5.10 Å². The average Bonchev–Trinajstić information content (AvgIpc) is 2.51. The number of nitrogens with zero attached hydrogens (tertiary/aromatic N) is 1. The molecule has 0 aliphatic carbocycles. The normalized spacial score (nSPS) is 11.4. The zero-order valence-corrected chi connectivity index (χ0v) is 7.18. The minimum Gasteiger partial charge on any atom is -0.461 e. The molecule has 0 fully saturated rings. The largest absolute Gasteiger partial charge is 0.461 e. The van der Waals surface area contributed by atoms with Crippen molar-refractivity contribution in [1.82, 2.24) is 10.2 Å². The summed E-state index contributed by atoms with van der Waals surface area (Å²) in [5.74, 6) is -0.851. The molecule has 0 saturated heterocycles. The van der Waals surface area contributed by atoms with Gasteiger partial charge in [0.05, 0.1) is 6.61 Å². The third kappa shape index (κ3) is 2.24. The molecule has 7 heteroatoms. The van der Waals surface area contributed by atoms with Crippen LogP contribution in [-0.2, 0) is 10.9 Å². The Balaban J connectivity index is 2.83. The molecule has 1 rings (SSSR count). The predicted molar refractivity (Wildman–Crippen MR) is 39.5 cm³/mol. The molecule has 4 nitrogen and oxygen atoms in total. The van der Waals surface area contributed by atoms with Crippen LogP contribution in [0, 0.1) is 0 Å². The second-order valence-corrected chi connectivity index (χ2v) is 2.39. The lowest BCUT2D eigenvalue weighted by molar-refractivity contribution is -0.141. The second kappa shape index (κ2) is 3.69. The van der Waals surface area contributed by atoms with E-state index in [0.29, 0.717) is 6.07 Å². The van der Waals surface area contributed by atoms with Gasteiger partial charge in [0, 0.05) is 6.07 Å². The first-order chi connectivity index (χ1) is 6.45. The molecule has 0 saturated carbocycles. The maximum absolute atomic E-state index is 12.0. The van der Waals surface area contributed by atoms with E-state index >= 15 is 0 Å². The number of aromatic amines is 1. The Bertz CT molecular complexity index is 332. The SMILES string of the molecule is CCOC(=O)c1cc(C(F)(F)F)n[nH]1.